The lowest BCUT2D eigenvalue weighted by Crippen LogP contribution is -2.25. The van der Waals surface area contributed by atoms with Crippen molar-refractivity contribution < 1.29 is 9.59 Å². The summed E-state index contributed by atoms with van der Waals surface area (Å²) < 4.78 is 0. The van der Waals surface area contributed by atoms with Crippen molar-refractivity contribution in [2.45, 2.75) is 25.7 Å². The van der Waals surface area contributed by atoms with Crippen molar-refractivity contribution in [1.29, 1.82) is 0 Å². The minimum absolute atomic E-state index is 0.117. The molecule has 0 spiro atoms. The molecule has 2 atom stereocenters. The molecule has 2 aliphatic carbocycles. The van der Waals surface area contributed by atoms with Crippen LogP contribution in [0.25, 0.3) is 0 Å². The van der Waals surface area contributed by atoms with Crippen LogP contribution in [-0.4, -0.2) is 11.6 Å². The lowest BCUT2D eigenvalue weighted by Gasteiger charge is -2.15. The smallest absolute Gasteiger partial charge is 0.139 e. The number of rotatable bonds is 0. The van der Waals surface area contributed by atoms with Crippen LogP contribution in [0.4, 0.5) is 0 Å². The third-order valence-corrected chi connectivity index (χ3v) is 2.62. The molecule has 2 saturated carbocycles. The maximum absolute atomic E-state index is 11.2. The molecule has 0 heterocycles. The van der Waals surface area contributed by atoms with Gasteiger partial charge in [-0.25, -0.2) is 0 Å². The van der Waals surface area contributed by atoms with Crippen molar-refractivity contribution in [1.82, 2.24) is 0 Å². The molecule has 0 N–H and O–H groups in total. The summed E-state index contributed by atoms with van der Waals surface area (Å²) >= 11 is 0. The van der Waals surface area contributed by atoms with E-state index in [0.29, 0.717) is 24.4 Å². The van der Waals surface area contributed by atoms with E-state index in [-0.39, 0.29) is 11.8 Å². The highest BCUT2D eigenvalue weighted by molar-refractivity contribution is 5.97. The lowest BCUT2D eigenvalue weighted by molar-refractivity contribution is -0.134. The van der Waals surface area contributed by atoms with Crippen molar-refractivity contribution in [3.05, 3.63) is 0 Å². The summed E-state index contributed by atoms with van der Waals surface area (Å²) in [6, 6.07) is 0. The molecular formula is C8H10O2. The Morgan fingerprint density at radius 1 is 1.00 bits per heavy atom. The summed E-state index contributed by atoms with van der Waals surface area (Å²) in [6.45, 7) is 0. The fraction of sp³-hybridized carbons (Fsp3) is 0.750. The van der Waals surface area contributed by atoms with Gasteiger partial charge in [-0.15, -0.1) is 0 Å². The molecule has 2 bridgehead atoms. The zero-order valence-corrected chi connectivity index (χ0v) is 5.80. The largest absolute Gasteiger partial charge is 0.300 e. The Labute approximate surface area is 59.6 Å². The molecule has 0 aromatic carbocycles. The second kappa shape index (κ2) is 1.91. The summed E-state index contributed by atoms with van der Waals surface area (Å²) in [5.41, 5.74) is 0. The molecule has 2 rings (SSSR count). The van der Waals surface area contributed by atoms with Crippen LogP contribution in [0.1, 0.15) is 25.7 Å². The molecule has 2 aliphatic rings. The Morgan fingerprint density at radius 2 is 1.50 bits per heavy atom. The van der Waals surface area contributed by atoms with Gasteiger partial charge in [0.15, 0.2) is 0 Å². The fourth-order valence-corrected chi connectivity index (χ4v) is 2.06. The first-order valence-electron chi connectivity index (χ1n) is 3.83. The quantitative estimate of drug-likeness (QED) is 0.499. The van der Waals surface area contributed by atoms with Crippen molar-refractivity contribution >= 4 is 11.6 Å². The van der Waals surface area contributed by atoms with Crippen LogP contribution >= 0.6 is 0 Å². The van der Waals surface area contributed by atoms with Gasteiger partial charge in [0.25, 0.3) is 0 Å². The Bertz CT molecular complexity index is 177. The molecular weight excluding hydrogens is 128 g/mol. The topological polar surface area (TPSA) is 34.1 Å². The lowest BCUT2D eigenvalue weighted by atomic mass is 9.87. The van der Waals surface area contributed by atoms with E-state index < -0.39 is 0 Å². The summed E-state index contributed by atoms with van der Waals surface area (Å²) in [5.74, 6) is 0.893. The van der Waals surface area contributed by atoms with E-state index in [1.165, 1.54) is 0 Å². The minimum atomic E-state index is 0.117. The predicted octanol–water partition coefficient (Wildman–Crippen LogP) is 0.945. The SMILES string of the molecule is O=C1C[C@H]2CC[C@@H](C1)C2=O. The number of ketones is 2. The van der Waals surface area contributed by atoms with Gasteiger partial charge in [0.05, 0.1) is 0 Å². The Kier molecular flexibility index (Phi) is 1.16. The number of Topliss-reactive ketones (excluding diaryl/α,β-unsaturated/α-hetero) is 2. The van der Waals surface area contributed by atoms with Gasteiger partial charge in [-0.05, 0) is 12.8 Å². The highest BCUT2D eigenvalue weighted by atomic mass is 16.1. The fourth-order valence-electron chi connectivity index (χ4n) is 2.06. The average molecular weight is 138 g/mol. The minimum Gasteiger partial charge on any atom is -0.300 e. The first-order valence-corrected chi connectivity index (χ1v) is 3.83. The number of hydrogen-bond acceptors (Lipinski definition) is 2. The van der Waals surface area contributed by atoms with Crippen molar-refractivity contribution in [2.75, 3.05) is 0 Å². The Balaban J connectivity index is 2.24. The van der Waals surface area contributed by atoms with Gasteiger partial charge in [0.1, 0.15) is 11.6 Å². The summed E-state index contributed by atoms with van der Waals surface area (Å²) in [6.07, 6.45) is 3.01. The normalized spacial score (nSPS) is 38.8. The summed E-state index contributed by atoms with van der Waals surface area (Å²) in [5, 5.41) is 0. The van der Waals surface area contributed by atoms with Crippen LogP contribution in [0, 0.1) is 11.8 Å². The van der Waals surface area contributed by atoms with Crippen LogP contribution in [0.15, 0.2) is 0 Å². The number of carbonyl (C=O) groups is 2. The molecule has 0 aromatic heterocycles. The van der Waals surface area contributed by atoms with Crippen molar-refractivity contribution in [3.63, 3.8) is 0 Å². The average Bonchev–Trinajstić information content (AvgIpc) is 2.20. The van der Waals surface area contributed by atoms with E-state index in [1.54, 1.807) is 0 Å². The maximum atomic E-state index is 11.2. The van der Waals surface area contributed by atoms with Crippen molar-refractivity contribution in [3.8, 4) is 0 Å². The van der Waals surface area contributed by atoms with E-state index >= 15 is 0 Å². The second-order valence-electron chi connectivity index (χ2n) is 3.32. The van der Waals surface area contributed by atoms with Crippen LogP contribution in [-0.2, 0) is 9.59 Å². The van der Waals surface area contributed by atoms with Gasteiger partial charge in [-0.1, -0.05) is 0 Å². The third kappa shape index (κ3) is 0.713. The molecule has 0 unspecified atom stereocenters. The van der Waals surface area contributed by atoms with Crippen LogP contribution in [0.2, 0.25) is 0 Å². The number of hydrogen-bond donors (Lipinski definition) is 0. The molecule has 10 heavy (non-hydrogen) atoms. The predicted molar refractivity (Wildman–Crippen MR) is 35.5 cm³/mol. The van der Waals surface area contributed by atoms with E-state index in [9.17, 15) is 9.59 Å². The molecule has 0 radical (unpaired) electrons. The van der Waals surface area contributed by atoms with E-state index in [0.717, 1.165) is 12.8 Å². The van der Waals surface area contributed by atoms with Gasteiger partial charge < -0.3 is 0 Å². The van der Waals surface area contributed by atoms with Crippen molar-refractivity contribution in [2.24, 2.45) is 11.8 Å². The molecule has 54 valence electrons. The first-order chi connectivity index (χ1) is 4.77. The summed E-state index contributed by atoms with van der Waals surface area (Å²) in [7, 11) is 0. The van der Waals surface area contributed by atoms with E-state index in [1.807, 2.05) is 0 Å². The maximum Gasteiger partial charge on any atom is 0.139 e. The zero-order chi connectivity index (χ0) is 7.14. The highest BCUT2D eigenvalue weighted by Crippen LogP contribution is 2.36. The third-order valence-electron chi connectivity index (χ3n) is 2.62. The van der Waals surface area contributed by atoms with Gasteiger partial charge in [-0.2, -0.15) is 0 Å². The zero-order valence-electron chi connectivity index (χ0n) is 5.80. The van der Waals surface area contributed by atoms with E-state index in [4.69, 9.17) is 0 Å². The summed E-state index contributed by atoms with van der Waals surface area (Å²) in [4.78, 5) is 22.1. The van der Waals surface area contributed by atoms with Crippen LogP contribution in [0.3, 0.4) is 0 Å². The van der Waals surface area contributed by atoms with Crippen LogP contribution in [0.5, 0.6) is 0 Å². The van der Waals surface area contributed by atoms with Gasteiger partial charge in [0.2, 0.25) is 0 Å². The molecule has 2 fully saturated rings. The molecule has 0 amide bonds. The Morgan fingerprint density at radius 3 is 2.00 bits per heavy atom. The van der Waals surface area contributed by atoms with Crippen LogP contribution < -0.4 is 0 Å². The molecule has 2 heteroatoms. The molecule has 2 nitrogen and oxygen atoms in total. The second-order valence-corrected chi connectivity index (χ2v) is 3.32. The standard InChI is InChI=1S/C8H10O2/c9-7-3-5-1-2-6(4-7)8(5)10/h5-6H,1-4H2/t5-,6+. The number of fused-ring (bicyclic) bond motifs is 2. The van der Waals surface area contributed by atoms with E-state index in [2.05, 4.69) is 0 Å². The first kappa shape index (κ1) is 6.08. The van der Waals surface area contributed by atoms with Gasteiger partial charge >= 0.3 is 0 Å². The van der Waals surface area contributed by atoms with Gasteiger partial charge in [-0.3, -0.25) is 9.59 Å². The van der Waals surface area contributed by atoms with Gasteiger partial charge in [0, 0.05) is 24.7 Å². The highest BCUT2D eigenvalue weighted by Gasteiger charge is 2.40. The Hall–Kier alpha value is -0.660. The molecule has 0 aromatic rings. The molecule has 0 aliphatic heterocycles. The number of carbonyl (C=O) groups excluding carboxylic acids is 2. The molecule has 0 saturated heterocycles. The monoisotopic (exact) mass is 138 g/mol.